The molecule has 2 fully saturated rings. The van der Waals surface area contributed by atoms with Crippen LogP contribution in [0.3, 0.4) is 0 Å². The minimum atomic E-state index is 0.289. The van der Waals surface area contributed by atoms with Gasteiger partial charge in [-0.1, -0.05) is 32.1 Å². The number of carbonyl (C=O) groups excluding carboxylic acids is 1. The Morgan fingerprint density at radius 1 is 1.06 bits per heavy atom. The molecule has 98 valence electrons. The van der Waals surface area contributed by atoms with Crippen molar-refractivity contribution in [3.8, 4) is 0 Å². The van der Waals surface area contributed by atoms with Gasteiger partial charge < -0.3 is 4.90 Å². The minimum Gasteiger partial charge on any atom is -0.343 e. The Balaban J connectivity index is 1.66. The first-order valence-corrected chi connectivity index (χ1v) is 7.61. The fraction of sp³-hybridized carbons (Fsp3) is 0.929. The third-order valence-corrected chi connectivity index (χ3v) is 4.70. The van der Waals surface area contributed by atoms with Crippen molar-refractivity contribution in [3.63, 3.8) is 0 Å². The molecule has 2 rings (SSSR count). The predicted molar refractivity (Wildman–Crippen MR) is 71.3 cm³/mol. The number of piperidine rings is 1. The summed E-state index contributed by atoms with van der Waals surface area (Å²) in [6, 6.07) is 0. The molecule has 0 aromatic carbocycles. The Morgan fingerprint density at radius 2 is 1.71 bits per heavy atom. The fourth-order valence-corrected chi connectivity index (χ4v) is 3.25. The molecule has 0 bridgehead atoms. The Kier molecular flexibility index (Phi) is 5.15. The van der Waals surface area contributed by atoms with Crippen molar-refractivity contribution in [2.24, 2.45) is 5.92 Å². The zero-order valence-electron chi connectivity index (χ0n) is 10.7. The third-order valence-electron chi connectivity index (χ3n) is 4.27. The summed E-state index contributed by atoms with van der Waals surface area (Å²) in [5.41, 5.74) is 0. The van der Waals surface area contributed by atoms with E-state index in [1.807, 2.05) is 4.90 Å². The van der Waals surface area contributed by atoms with Gasteiger partial charge in [-0.15, -0.1) is 11.6 Å². The molecule has 3 heteroatoms. The second-order valence-corrected chi connectivity index (χ2v) is 6.22. The summed E-state index contributed by atoms with van der Waals surface area (Å²) in [6.45, 7) is 1.75. The molecule has 1 saturated heterocycles. The largest absolute Gasteiger partial charge is 0.343 e. The van der Waals surface area contributed by atoms with Gasteiger partial charge in [-0.3, -0.25) is 4.79 Å². The number of likely N-dealkylation sites (tertiary alicyclic amines) is 1. The zero-order valence-corrected chi connectivity index (χ0v) is 11.4. The number of halogens is 1. The van der Waals surface area contributed by atoms with Crippen molar-refractivity contribution in [2.75, 3.05) is 13.1 Å². The van der Waals surface area contributed by atoms with E-state index in [1.54, 1.807) is 0 Å². The average Bonchev–Trinajstić information content (AvgIpc) is 2.38. The smallest absolute Gasteiger partial charge is 0.222 e. The Hall–Kier alpha value is -0.240. The monoisotopic (exact) mass is 257 g/mol. The van der Waals surface area contributed by atoms with Crippen molar-refractivity contribution in [1.29, 1.82) is 0 Å². The number of nitrogens with zero attached hydrogens (tertiary/aromatic N) is 1. The lowest BCUT2D eigenvalue weighted by Gasteiger charge is -2.30. The summed E-state index contributed by atoms with van der Waals surface area (Å²) in [6.07, 6.45) is 10.6. The molecule has 1 heterocycles. The van der Waals surface area contributed by atoms with Crippen LogP contribution in [0.1, 0.15) is 57.8 Å². The van der Waals surface area contributed by atoms with E-state index >= 15 is 0 Å². The van der Waals surface area contributed by atoms with Crippen LogP contribution in [0.25, 0.3) is 0 Å². The second-order valence-electron chi connectivity index (χ2n) is 5.60. The Labute approximate surface area is 110 Å². The molecule has 2 nitrogen and oxygen atoms in total. The van der Waals surface area contributed by atoms with Crippen LogP contribution in [-0.2, 0) is 4.79 Å². The Morgan fingerprint density at radius 3 is 2.35 bits per heavy atom. The summed E-state index contributed by atoms with van der Waals surface area (Å²) in [5, 5.41) is 0.289. The lowest BCUT2D eigenvalue weighted by molar-refractivity contribution is -0.132. The van der Waals surface area contributed by atoms with Crippen LogP contribution in [0.15, 0.2) is 0 Å². The number of hydrogen-bond acceptors (Lipinski definition) is 1. The number of amides is 1. The van der Waals surface area contributed by atoms with Crippen LogP contribution in [0.2, 0.25) is 0 Å². The van der Waals surface area contributed by atoms with Gasteiger partial charge in [0.2, 0.25) is 5.91 Å². The van der Waals surface area contributed by atoms with E-state index in [2.05, 4.69) is 0 Å². The molecule has 0 aromatic heterocycles. The predicted octanol–water partition coefficient (Wildman–Crippen LogP) is 3.58. The first-order valence-electron chi connectivity index (χ1n) is 7.17. The first kappa shape index (κ1) is 13.2. The maximum absolute atomic E-state index is 12.0. The van der Waals surface area contributed by atoms with Gasteiger partial charge in [-0.2, -0.15) is 0 Å². The molecule has 0 unspecified atom stereocenters. The van der Waals surface area contributed by atoms with Crippen LogP contribution in [0.5, 0.6) is 0 Å². The van der Waals surface area contributed by atoms with Gasteiger partial charge in [0, 0.05) is 24.9 Å². The summed E-state index contributed by atoms with van der Waals surface area (Å²) < 4.78 is 0. The van der Waals surface area contributed by atoms with Gasteiger partial charge in [-0.25, -0.2) is 0 Å². The summed E-state index contributed by atoms with van der Waals surface area (Å²) in [5.74, 6) is 1.18. The number of hydrogen-bond donors (Lipinski definition) is 0. The van der Waals surface area contributed by atoms with Crippen LogP contribution < -0.4 is 0 Å². The molecule has 0 atom stereocenters. The fourth-order valence-electron chi connectivity index (χ4n) is 3.06. The summed E-state index contributed by atoms with van der Waals surface area (Å²) in [4.78, 5) is 14.0. The van der Waals surface area contributed by atoms with E-state index in [9.17, 15) is 4.79 Å². The van der Waals surface area contributed by atoms with Crippen molar-refractivity contribution >= 4 is 17.5 Å². The van der Waals surface area contributed by atoms with Crippen LogP contribution >= 0.6 is 11.6 Å². The maximum atomic E-state index is 12.0. The molecule has 1 saturated carbocycles. The van der Waals surface area contributed by atoms with Gasteiger partial charge in [-0.05, 0) is 25.2 Å². The summed E-state index contributed by atoms with van der Waals surface area (Å²) in [7, 11) is 0. The van der Waals surface area contributed by atoms with Gasteiger partial charge in [0.05, 0.1) is 0 Å². The molecule has 2 aliphatic rings. The number of rotatable bonds is 3. The molecular weight excluding hydrogens is 234 g/mol. The van der Waals surface area contributed by atoms with E-state index in [-0.39, 0.29) is 5.38 Å². The molecular formula is C14H24ClNO. The third kappa shape index (κ3) is 4.17. The van der Waals surface area contributed by atoms with Crippen LogP contribution in [-0.4, -0.2) is 29.3 Å². The molecule has 0 aromatic rings. The van der Waals surface area contributed by atoms with Gasteiger partial charge in [0.25, 0.3) is 0 Å². The average molecular weight is 258 g/mol. The first-order chi connectivity index (χ1) is 8.25. The van der Waals surface area contributed by atoms with Gasteiger partial charge in [0.15, 0.2) is 0 Å². The lowest BCUT2D eigenvalue weighted by atomic mass is 9.86. The van der Waals surface area contributed by atoms with E-state index < -0.39 is 0 Å². The molecule has 0 N–H and O–H groups in total. The minimum absolute atomic E-state index is 0.289. The number of carbonyl (C=O) groups is 1. The standard InChI is InChI=1S/C14H24ClNO/c15-13-8-10-16(11-9-13)14(17)7-6-12-4-2-1-3-5-12/h12-13H,1-11H2. The van der Waals surface area contributed by atoms with E-state index in [4.69, 9.17) is 11.6 Å². The topological polar surface area (TPSA) is 20.3 Å². The Bertz CT molecular complexity index is 243. The normalized spacial score (nSPS) is 23.9. The zero-order chi connectivity index (χ0) is 12.1. The molecule has 17 heavy (non-hydrogen) atoms. The molecule has 1 aliphatic heterocycles. The molecule has 0 spiro atoms. The quantitative estimate of drug-likeness (QED) is 0.708. The molecule has 0 radical (unpaired) electrons. The lowest BCUT2D eigenvalue weighted by Crippen LogP contribution is -2.38. The maximum Gasteiger partial charge on any atom is 0.222 e. The van der Waals surface area contributed by atoms with E-state index in [0.717, 1.165) is 44.7 Å². The SMILES string of the molecule is O=C(CCC1CCCCC1)N1CCC(Cl)CC1. The second kappa shape index (κ2) is 6.63. The van der Waals surface area contributed by atoms with Crippen molar-refractivity contribution in [3.05, 3.63) is 0 Å². The number of alkyl halides is 1. The highest BCUT2D eigenvalue weighted by atomic mass is 35.5. The highest BCUT2D eigenvalue weighted by molar-refractivity contribution is 6.20. The highest BCUT2D eigenvalue weighted by Gasteiger charge is 2.22. The van der Waals surface area contributed by atoms with Crippen molar-refractivity contribution in [2.45, 2.75) is 63.2 Å². The highest BCUT2D eigenvalue weighted by Crippen LogP contribution is 2.27. The van der Waals surface area contributed by atoms with Crippen molar-refractivity contribution < 1.29 is 4.79 Å². The van der Waals surface area contributed by atoms with Gasteiger partial charge >= 0.3 is 0 Å². The van der Waals surface area contributed by atoms with Gasteiger partial charge in [0.1, 0.15) is 0 Å². The molecule has 1 aliphatic carbocycles. The van der Waals surface area contributed by atoms with E-state index in [1.165, 1.54) is 32.1 Å². The van der Waals surface area contributed by atoms with Crippen LogP contribution in [0.4, 0.5) is 0 Å². The summed E-state index contributed by atoms with van der Waals surface area (Å²) >= 11 is 6.05. The molecule has 1 amide bonds. The van der Waals surface area contributed by atoms with E-state index in [0.29, 0.717) is 5.91 Å². The van der Waals surface area contributed by atoms with Crippen LogP contribution in [0, 0.1) is 5.92 Å². The van der Waals surface area contributed by atoms with Crippen molar-refractivity contribution in [1.82, 2.24) is 4.90 Å².